The largest absolute Gasteiger partial charge is 0.490 e. The second kappa shape index (κ2) is 10.4. The Balaban J connectivity index is 0.000000589. The molecule has 2 aliphatic rings. The van der Waals surface area contributed by atoms with Crippen molar-refractivity contribution < 1.29 is 19.4 Å². The van der Waals surface area contributed by atoms with Crippen LogP contribution in [0.25, 0.3) is 0 Å². The van der Waals surface area contributed by atoms with E-state index in [1.54, 1.807) is 4.90 Å². The Labute approximate surface area is 179 Å². The summed E-state index contributed by atoms with van der Waals surface area (Å²) in [4.78, 5) is 23.5. The molecule has 1 amide bonds. The van der Waals surface area contributed by atoms with Crippen molar-refractivity contribution in [3.63, 3.8) is 0 Å². The van der Waals surface area contributed by atoms with Gasteiger partial charge in [-0.3, -0.25) is 9.59 Å². The van der Waals surface area contributed by atoms with Gasteiger partial charge in [0.2, 0.25) is 5.91 Å². The molecule has 0 bridgehead atoms. The minimum Gasteiger partial charge on any atom is -0.490 e. The van der Waals surface area contributed by atoms with Gasteiger partial charge in [0.25, 0.3) is 5.97 Å². The molecule has 1 aromatic heterocycles. The van der Waals surface area contributed by atoms with E-state index in [9.17, 15) is 4.79 Å². The summed E-state index contributed by atoms with van der Waals surface area (Å²) in [7, 11) is 1.99. The first kappa shape index (κ1) is 22.1. The van der Waals surface area contributed by atoms with Crippen LogP contribution < -0.4 is 15.0 Å². The van der Waals surface area contributed by atoms with Crippen LogP contribution in [0.1, 0.15) is 31.5 Å². The molecule has 10 heteroatoms. The number of aromatic nitrogens is 3. The van der Waals surface area contributed by atoms with Crippen LogP contribution in [-0.2, 0) is 16.6 Å². The highest BCUT2D eigenvalue weighted by molar-refractivity contribution is 7.99. The summed E-state index contributed by atoms with van der Waals surface area (Å²) in [6.07, 6.45) is 2.29. The fraction of sp³-hybridized carbons (Fsp3) is 0.500. The van der Waals surface area contributed by atoms with Crippen molar-refractivity contribution in [2.24, 2.45) is 7.05 Å². The maximum absolute atomic E-state index is 12.7. The van der Waals surface area contributed by atoms with E-state index in [0.29, 0.717) is 24.8 Å². The van der Waals surface area contributed by atoms with Gasteiger partial charge in [-0.05, 0) is 31.5 Å². The zero-order valence-corrected chi connectivity index (χ0v) is 18.0. The smallest absolute Gasteiger partial charge is 0.300 e. The lowest BCUT2D eigenvalue weighted by Crippen LogP contribution is -2.39. The molecule has 0 radical (unpaired) electrons. The number of hydrogen-bond acceptors (Lipinski definition) is 7. The number of benzene rings is 1. The molecule has 1 atom stereocenters. The average Bonchev–Trinajstić information content (AvgIpc) is 3.12. The van der Waals surface area contributed by atoms with Gasteiger partial charge in [-0.1, -0.05) is 23.9 Å². The predicted octanol–water partition coefficient (Wildman–Crippen LogP) is 1.89. The number of fused-ring (bicyclic) bond motifs is 1. The zero-order chi connectivity index (χ0) is 21.5. The fourth-order valence-corrected chi connectivity index (χ4v) is 4.31. The van der Waals surface area contributed by atoms with Gasteiger partial charge in [0.1, 0.15) is 18.2 Å². The lowest BCUT2D eigenvalue weighted by Gasteiger charge is -2.29. The molecular formula is C20H27N5O4S. The fourth-order valence-electron chi connectivity index (χ4n) is 3.51. The molecule has 1 fully saturated rings. The number of carbonyl (C=O) groups is 2. The van der Waals surface area contributed by atoms with Crippen LogP contribution in [-0.4, -0.2) is 63.7 Å². The Kier molecular flexibility index (Phi) is 7.69. The summed E-state index contributed by atoms with van der Waals surface area (Å²) in [6, 6.07) is 7.67. The lowest BCUT2D eigenvalue weighted by molar-refractivity contribution is -0.134. The van der Waals surface area contributed by atoms with E-state index in [1.165, 1.54) is 11.8 Å². The predicted molar refractivity (Wildman–Crippen MR) is 114 cm³/mol. The van der Waals surface area contributed by atoms with Crippen molar-refractivity contribution >= 4 is 29.3 Å². The van der Waals surface area contributed by atoms with Crippen LogP contribution in [0.5, 0.6) is 5.75 Å². The SMILES string of the molecule is CC(=O)O.Cn1c(SCC(=O)N2CCOc3ccccc32)nnc1C1CCCNC1. The van der Waals surface area contributed by atoms with E-state index in [1.807, 2.05) is 35.9 Å². The molecule has 0 saturated carbocycles. The molecule has 1 saturated heterocycles. The van der Waals surface area contributed by atoms with Crippen molar-refractivity contribution in [2.45, 2.75) is 30.8 Å². The molecule has 4 rings (SSSR count). The number of para-hydroxylation sites is 2. The number of nitrogens with one attached hydrogen (secondary N) is 1. The number of carboxylic acids is 1. The highest BCUT2D eigenvalue weighted by Crippen LogP contribution is 2.32. The van der Waals surface area contributed by atoms with E-state index in [2.05, 4.69) is 15.5 Å². The van der Waals surface area contributed by atoms with Crippen molar-refractivity contribution in [2.75, 3.05) is 36.9 Å². The summed E-state index contributed by atoms with van der Waals surface area (Å²) in [6.45, 7) is 4.20. The summed E-state index contributed by atoms with van der Waals surface area (Å²) in [5, 5.41) is 20.3. The molecule has 0 aliphatic carbocycles. The number of ether oxygens (including phenoxy) is 1. The Hall–Kier alpha value is -2.59. The van der Waals surface area contributed by atoms with Gasteiger partial charge in [-0.15, -0.1) is 10.2 Å². The number of carbonyl (C=O) groups excluding carboxylic acids is 1. The van der Waals surface area contributed by atoms with Crippen molar-refractivity contribution in [1.29, 1.82) is 0 Å². The topological polar surface area (TPSA) is 110 Å². The molecule has 9 nitrogen and oxygen atoms in total. The quantitative estimate of drug-likeness (QED) is 0.704. The van der Waals surface area contributed by atoms with Gasteiger partial charge in [0.05, 0.1) is 18.0 Å². The number of carboxylic acid groups (broad SMARTS) is 1. The first-order chi connectivity index (χ1) is 14.5. The summed E-state index contributed by atoms with van der Waals surface area (Å²) in [5.74, 6) is 1.74. The molecule has 30 heavy (non-hydrogen) atoms. The summed E-state index contributed by atoms with van der Waals surface area (Å²) in [5.41, 5.74) is 0.844. The first-order valence-corrected chi connectivity index (χ1v) is 10.9. The minimum absolute atomic E-state index is 0.0645. The zero-order valence-electron chi connectivity index (χ0n) is 17.2. The monoisotopic (exact) mass is 433 g/mol. The second-order valence-electron chi connectivity index (χ2n) is 7.11. The lowest BCUT2D eigenvalue weighted by atomic mass is 9.99. The average molecular weight is 434 g/mol. The maximum atomic E-state index is 12.7. The number of thioether (sulfide) groups is 1. The van der Waals surface area contributed by atoms with Gasteiger partial charge in [0, 0.05) is 26.4 Å². The molecule has 2 aliphatic heterocycles. The van der Waals surface area contributed by atoms with Crippen molar-refractivity contribution in [3.8, 4) is 5.75 Å². The summed E-state index contributed by atoms with van der Waals surface area (Å²) < 4.78 is 7.65. The Morgan fingerprint density at radius 3 is 2.83 bits per heavy atom. The number of aliphatic carboxylic acids is 1. The standard InChI is InChI=1S/C18H23N5O2S.C2H4O2/c1-22-17(13-5-4-8-19-11-13)20-21-18(22)26-12-16(24)23-9-10-25-15-7-3-2-6-14(15)23;1-2(3)4/h2-3,6-7,13,19H,4-5,8-12H2,1H3;1H3,(H,3,4). The number of anilines is 1. The van der Waals surface area contributed by atoms with Gasteiger partial charge >= 0.3 is 0 Å². The van der Waals surface area contributed by atoms with E-state index >= 15 is 0 Å². The number of amides is 1. The minimum atomic E-state index is -0.833. The Morgan fingerprint density at radius 1 is 1.33 bits per heavy atom. The molecule has 162 valence electrons. The second-order valence-corrected chi connectivity index (χ2v) is 8.05. The van der Waals surface area contributed by atoms with Crippen molar-refractivity contribution in [1.82, 2.24) is 20.1 Å². The molecule has 1 unspecified atom stereocenters. The van der Waals surface area contributed by atoms with Gasteiger partial charge in [0.15, 0.2) is 5.16 Å². The van der Waals surface area contributed by atoms with E-state index in [-0.39, 0.29) is 5.91 Å². The van der Waals surface area contributed by atoms with Crippen LogP contribution in [0, 0.1) is 0 Å². The van der Waals surface area contributed by atoms with Gasteiger partial charge in [-0.2, -0.15) is 0 Å². The number of nitrogens with zero attached hydrogens (tertiary/aromatic N) is 4. The van der Waals surface area contributed by atoms with Gasteiger partial charge < -0.3 is 24.6 Å². The van der Waals surface area contributed by atoms with E-state index in [4.69, 9.17) is 14.6 Å². The number of rotatable bonds is 4. The van der Waals surface area contributed by atoms with Crippen LogP contribution in [0.3, 0.4) is 0 Å². The normalized spacial score (nSPS) is 17.9. The Bertz CT molecular complexity index is 878. The molecular weight excluding hydrogens is 406 g/mol. The third-order valence-electron chi connectivity index (χ3n) is 4.88. The van der Waals surface area contributed by atoms with Gasteiger partial charge in [-0.25, -0.2) is 0 Å². The third kappa shape index (κ3) is 5.51. The summed E-state index contributed by atoms with van der Waals surface area (Å²) >= 11 is 1.45. The van der Waals surface area contributed by atoms with E-state index in [0.717, 1.165) is 55.3 Å². The first-order valence-electron chi connectivity index (χ1n) is 9.92. The molecule has 2 N–H and O–H groups in total. The van der Waals surface area contributed by atoms with Crippen LogP contribution in [0.2, 0.25) is 0 Å². The van der Waals surface area contributed by atoms with E-state index < -0.39 is 5.97 Å². The van der Waals surface area contributed by atoms with Crippen LogP contribution >= 0.6 is 11.8 Å². The number of hydrogen-bond donors (Lipinski definition) is 2. The molecule has 2 aromatic rings. The van der Waals surface area contributed by atoms with Crippen LogP contribution in [0.15, 0.2) is 29.4 Å². The molecule has 0 spiro atoms. The third-order valence-corrected chi connectivity index (χ3v) is 5.89. The maximum Gasteiger partial charge on any atom is 0.300 e. The number of piperidine rings is 1. The highest BCUT2D eigenvalue weighted by Gasteiger charge is 2.25. The highest BCUT2D eigenvalue weighted by atomic mass is 32.2. The molecule has 1 aromatic carbocycles. The van der Waals surface area contributed by atoms with Crippen LogP contribution in [0.4, 0.5) is 5.69 Å². The van der Waals surface area contributed by atoms with Crippen molar-refractivity contribution in [3.05, 3.63) is 30.1 Å². The molecule has 3 heterocycles. The Morgan fingerprint density at radius 2 is 2.10 bits per heavy atom.